The summed E-state index contributed by atoms with van der Waals surface area (Å²) < 4.78 is 5.71. The second kappa shape index (κ2) is 3.08. The number of nitrogens with two attached hydrogens (primary N) is 1. The van der Waals surface area contributed by atoms with Gasteiger partial charge in [-0.2, -0.15) is 0 Å². The van der Waals surface area contributed by atoms with E-state index >= 15 is 0 Å². The molecule has 1 heterocycles. The first-order valence-corrected chi connectivity index (χ1v) is 4.84. The standard InChI is InChI=1S/C11H16N2O/c1-11(2)6-13-9-5-3-4-8(12)10(9)14-7-11/h3-5,13H,6-7,12H2,1-2H3. The third kappa shape index (κ3) is 1.62. The molecule has 1 aliphatic heterocycles. The van der Waals surface area contributed by atoms with Gasteiger partial charge in [0.25, 0.3) is 0 Å². The SMILES string of the molecule is CC1(C)CNc2cccc(N)c2OC1. The van der Waals surface area contributed by atoms with Crippen molar-refractivity contribution in [2.75, 3.05) is 24.2 Å². The van der Waals surface area contributed by atoms with Crippen LogP contribution in [-0.2, 0) is 0 Å². The second-order valence-electron chi connectivity index (χ2n) is 4.53. The van der Waals surface area contributed by atoms with Crippen LogP contribution in [0.3, 0.4) is 0 Å². The first-order chi connectivity index (χ1) is 6.58. The van der Waals surface area contributed by atoms with Crippen LogP contribution < -0.4 is 15.8 Å². The van der Waals surface area contributed by atoms with E-state index in [9.17, 15) is 0 Å². The van der Waals surface area contributed by atoms with Crippen molar-refractivity contribution >= 4 is 11.4 Å². The Morgan fingerprint density at radius 3 is 3.00 bits per heavy atom. The van der Waals surface area contributed by atoms with Gasteiger partial charge in [0.05, 0.1) is 18.0 Å². The van der Waals surface area contributed by atoms with Crippen LogP contribution in [0.15, 0.2) is 18.2 Å². The highest BCUT2D eigenvalue weighted by Gasteiger charge is 2.24. The Morgan fingerprint density at radius 2 is 2.21 bits per heavy atom. The van der Waals surface area contributed by atoms with Gasteiger partial charge >= 0.3 is 0 Å². The topological polar surface area (TPSA) is 47.3 Å². The van der Waals surface area contributed by atoms with E-state index in [-0.39, 0.29) is 5.41 Å². The molecule has 0 spiro atoms. The van der Waals surface area contributed by atoms with Crippen LogP contribution in [0.25, 0.3) is 0 Å². The first-order valence-electron chi connectivity index (χ1n) is 4.84. The third-order valence-electron chi connectivity index (χ3n) is 2.41. The summed E-state index contributed by atoms with van der Waals surface area (Å²) in [7, 11) is 0. The lowest BCUT2D eigenvalue weighted by molar-refractivity contribution is 0.201. The van der Waals surface area contributed by atoms with Crippen molar-refractivity contribution in [3.05, 3.63) is 18.2 Å². The minimum absolute atomic E-state index is 0.144. The molecule has 0 aliphatic carbocycles. The maximum atomic E-state index is 5.83. The van der Waals surface area contributed by atoms with Gasteiger partial charge in [-0.05, 0) is 12.1 Å². The van der Waals surface area contributed by atoms with E-state index in [0.717, 1.165) is 18.0 Å². The molecule has 0 atom stereocenters. The third-order valence-corrected chi connectivity index (χ3v) is 2.41. The molecule has 14 heavy (non-hydrogen) atoms. The van der Waals surface area contributed by atoms with Gasteiger partial charge in [0.15, 0.2) is 5.75 Å². The summed E-state index contributed by atoms with van der Waals surface area (Å²) in [6, 6.07) is 5.79. The molecule has 0 fully saturated rings. The summed E-state index contributed by atoms with van der Waals surface area (Å²) in [5.41, 5.74) is 7.68. The molecule has 1 aromatic rings. The zero-order chi connectivity index (χ0) is 10.2. The van der Waals surface area contributed by atoms with Crippen molar-refractivity contribution in [2.24, 2.45) is 5.41 Å². The molecule has 0 aromatic heterocycles. The van der Waals surface area contributed by atoms with Gasteiger partial charge in [-0.25, -0.2) is 0 Å². The van der Waals surface area contributed by atoms with Gasteiger partial charge in [-0.15, -0.1) is 0 Å². The monoisotopic (exact) mass is 192 g/mol. The molecule has 0 radical (unpaired) electrons. The Labute approximate surface area is 84.3 Å². The van der Waals surface area contributed by atoms with Gasteiger partial charge in [-0.1, -0.05) is 19.9 Å². The molecule has 3 nitrogen and oxygen atoms in total. The molecule has 0 saturated carbocycles. The molecule has 0 unspecified atom stereocenters. The highest BCUT2D eigenvalue weighted by Crippen LogP contribution is 2.35. The number of hydrogen-bond acceptors (Lipinski definition) is 3. The van der Waals surface area contributed by atoms with Crippen LogP contribution in [0.1, 0.15) is 13.8 Å². The Hall–Kier alpha value is -1.38. The molecule has 0 amide bonds. The lowest BCUT2D eigenvalue weighted by Gasteiger charge is -2.20. The van der Waals surface area contributed by atoms with Gasteiger partial charge in [-0.3, -0.25) is 0 Å². The smallest absolute Gasteiger partial charge is 0.165 e. The van der Waals surface area contributed by atoms with Crippen LogP contribution in [0.5, 0.6) is 5.75 Å². The highest BCUT2D eigenvalue weighted by molar-refractivity contribution is 5.69. The fourth-order valence-corrected chi connectivity index (χ4v) is 1.51. The second-order valence-corrected chi connectivity index (χ2v) is 4.53. The summed E-state index contributed by atoms with van der Waals surface area (Å²) in [5, 5.41) is 3.35. The number of rotatable bonds is 0. The molecular weight excluding hydrogens is 176 g/mol. The van der Waals surface area contributed by atoms with Gasteiger partial charge in [0, 0.05) is 12.0 Å². The zero-order valence-corrected chi connectivity index (χ0v) is 8.63. The van der Waals surface area contributed by atoms with E-state index in [1.807, 2.05) is 18.2 Å². The normalized spacial score (nSPS) is 18.7. The fourth-order valence-electron chi connectivity index (χ4n) is 1.51. The maximum Gasteiger partial charge on any atom is 0.165 e. The minimum atomic E-state index is 0.144. The quantitative estimate of drug-likeness (QED) is 0.619. The Bertz CT molecular complexity index is 347. The lowest BCUT2D eigenvalue weighted by atomic mass is 9.95. The molecule has 0 saturated heterocycles. The average Bonchev–Trinajstić information content (AvgIpc) is 2.27. The van der Waals surface area contributed by atoms with Gasteiger partial charge in [0.1, 0.15) is 0 Å². The van der Waals surface area contributed by atoms with Crippen molar-refractivity contribution in [1.29, 1.82) is 0 Å². The molecule has 3 N–H and O–H groups in total. The van der Waals surface area contributed by atoms with Gasteiger partial charge < -0.3 is 15.8 Å². The van der Waals surface area contributed by atoms with Crippen molar-refractivity contribution in [3.8, 4) is 5.75 Å². The Balaban J connectivity index is 2.34. The number of ether oxygens (including phenoxy) is 1. The number of nitrogens with one attached hydrogen (secondary N) is 1. The molecular formula is C11H16N2O. The summed E-state index contributed by atoms with van der Waals surface area (Å²) in [4.78, 5) is 0. The van der Waals surface area contributed by atoms with Crippen molar-refractivity contribution in [3.63, 3.8) is 0 Å². The predicted octanol–water partition coefficient (Wildman–Crippen LogP) is 2.10. The Morgan fingerprint density at radius 1 is 1.43 bits per heavy atom. The number of nitrogen functional groups attached to an aromatic ring is 1. The maximum absolute atomic E-state index is 5.83. The molecule has 1 aromatic carbocycles. The summed E-state index contributed by atoms with van der Waals surface area (Å²) in [5.74, 6) is 0.790. The molecule has 76 valence electrons. The highest BCUT2D eigenvalue weighted by atomic mass is 16.5. The predicted molar refractivity (Wildman–Crippen MR) is 58.6 cm³/mol. The van der Waals surface area contributed by atoms with Crippen LogP contribution in [0.2, 0.25) is 0 Å². The number of anilines is 2. The van der Waals surface area contributed by atoms with Crippen molar-refractivity contribution in [1.82, 2.24) is 0 Å². The zero-order valence-electron chi connectivity index (χ0n) is 8.63. The summed E-state index contributed by atoms with van der Waals surface area (Å²) >= 11 is 0. The first kappa shape index (κ1) is 9.19. The van der Waals surface area contributed by atoms with E-state index in [1.165, 1.54) is 0 Å². The van der Waals surface area contributed by atoms with E-state index in [2.05, 4.69) is 19.2 Å². The number of fused-ring (bicyclic) bond motifs is 1. The van der Waals surface area contributed by atoms with Crippen LogP contribution in [-0.4, -0.2) is 13.2 Å². The molecule has 3 heteroatoms. The molecule has 2 rings (SSSR count). The number of benzene rings is 1. The van der Waals surface area contributed by atoms with E-state index < -0.39 is 0 Å². The van der Waals surface area contributed by atoms with Crippen molar-refractivity contribution in [2.45, 2.75) is 13.8 Å². The number of para-hydroxylation sites is 1. The van der Waals surface area contributed by atoms with E-state index in [4.69, 9.17) is 10.5 Å². The van der Waals surface area contributed by atoms with Crippen LogP contribution in [0.4, 0.5) is 11.4 Å². The van der Waals surface area contributed by atoms with E-state index in [1.54, 1.807) is 0 Å². The van der Waals surface area contributed by atoms with Crippen molar-refractivity contribution < 1.29 is 4.74 Å². The van der Waals surface area contributed by atoms with E-state index in [0.29, 0.717) is 12.3 Å². The molecule has 0 bridgehead atoms. The van der Waals surface area contributed by atoms with Gasteiger partial charge in [0.2, 0.25) is 0 Å². The fraction of sp³-hybridized carbons (Fsp3) is 0.455. The lowest BCUT2D eigenvalue weighted by Crippen LogP contribution is -2.27. The minimum Gasteiger partial charge on any atom is -0.489 e. The number of hydrogen-bond donors (Lipinski definition) is 2. The largest absolute Gasteiger partial charge is 0.489 e. The van der Waals surface area contributed by atoms with Crippen LogP contribution >= 0.6 is 0 Å². The average molecular weight is 192 g/mol. The summed E-state index contributed by atoms with van der Waals surface area (Å²) in [6.07, 6.45) is 0. The Kier molecular flexibility index (Phi) is 2.02. The summed E-state index contributed by atoms with van der Waals surface area (Å²) in [6.45, 7) is 5.94. The molecule has 1 aliphatic rings. The van der Waals surface area contributed by atoms with Crippen LogP contribution in [0, 0.1) is 5.41 Å².